The first-order valence-electron chi connectivity index (χ1n) is 6.21. The molecule has 1 unspecified atom stereocenters. The summed E-state index contributed by atoms with van der Waals surface area (Å²) in [6.07, 6.45) is -0.474. The number of hydrogen-bond acceptors (Lipinski definition) is 5. The van der Waals surface area contributed by atoms with Crippen LogP contribution in [0.5, 0.6) is 0 Å². The van der Waals surface area contributed by atoms with Crippen LogP contribution in [-0.2, 0) is 0 Å². The van der Waals surface area contributed by atoms with E-state index in [4.69, 9.17) is 5.26 Å². The second-order valence-corrected chi connectivity index (χ2v) is 4.74. The van der Waals surface area contributed by atoms with Crippen molar-refractivity contribution in [2.75, 3.05) is 11.9 Å². The summed E-state index contributed by atoms with van der Waals surface area (Å²) in [6.45, 7) is 4.27. The third-order valence-corrected chi connectivity index (χ3v) is 3.03. The molecule has 0 bridgehead atoms. The Morgan fingerprint density at radius 3 is 2.74 bits per heavy atom. The molecule has 0 aliphatic rings. The van der Waals surface area contributed by atoms with Crippen LogP contribution >= 0.6 is 0 Å². The molecule has 1 atom stereocenters. The predicted octanol–water partition coefficient (Wildman–Crippen LogP) is 1.93. The largest absolute Gasteiger partial charge is 0.391 e. The first-order valence-corrected chi connectivity index (χ1v) is 6.21. The average molecular weight is 256 g/mol. The van der Waals surface area contributed by atoms with Gasteiger partial charge in [-0.25, -0.2) is 0 Å². The molecule has 1 heterocycles. The number of aliphatic hydroxyl groups is 1. The Labute approximate surface area is 111 Å². The zero-order valence-electron chi connectivity index (χ0n) is 11.0. The molecule has 5 nitrogen and oxygen atoms in total. The topological polar surface area (TPSA) is 81.8 Å². The molecule has 0 aliphatic heterocycles. The molecule has 2 rings (SSSR count). The van der Waals surface area contributed by atoms with Crippen molar-refractivity contribution in [3.05, 3.63) is 30.0 Å². The summed E-state index contributed by atoms with van der Waals surface area (Å²) in [5, 5.41) is 30.8. The number of rotatable bonds is 4. The molecule has 2 N–H and O–H groups in total. The van der Waals surface area contributed by atoms with E-state index in [2.05, 4.69) is 15.5 Å². The molecular formula is C14H16N4O. The fourth-order valence-corrected chi connectivity index (χ4v) is 1.75. The van der Waals surface area contributed by atoms with Crippen molar-refractivity contribution in [2.24, 2.45) is 5.92 Å². The van der Waals surface area contributed by atoms with Gasteiger partial charge in [-0.1, -0.05) is 32.0 Å². The minimum Gasteiger partial charge on any atom is -0.391 e. The van der Waals surface area contributed by atoms with E-state index in [1.807, 2.05) is 44.2 Å². The number of benzene rings is 1. The van der Waals surface area contributed by atoms with Gasteiger partial charge in [-0.3, -0.25) is 0 Å². The van der Waals surface area contributed by atoms with E-state index in [0.29, 0.717) is 12.2 Å². The molecular weight excluding hydrogens is 240 g/mol. The summed E-state index contributed by atoms with van der Waals surface area (Å²) in [5.41, 5.74) is 1.60. The van der Waals surface area contributed by atoms with Crippen LogP contribution in [0.4, 0.5) is 5.69 Å². The first kappa shape index (κ1) is 13.2. The maximum atomic E-state index is 9.84. The fraction of sp³-hybridized carbons (Fsp3) is 0.357. The van der Waals surface area contributed by atoms with Gasteiger partial charge in [0.1, 0.15) is 6.07 Å². The molecule has 5 heteroatoms. The molecule has 0 amide bonds. The van der Waals surface area contributed by atoms with E-state index >= 15 is 0 Å². The lowest BCUT2D eigenvalue weighted by molar-refractivity contribution is 0.138. The van der Waals surface area contributed by atoms with Gasteiger partial charge in [0.15, 0.2) is 5.69 Å². The fourth-order valence-electron chi connectivity index (χ4n) is 1.75. The predicted molar refractivity (Wildman–Crippen MR) is 73.6 cm³/mol. The first-order chi connectivity index (χ1) is 9.13. The van der Waals surface area contributed by atoms with E-state index < -0.39 is 6.10 Å². The zero-order valence-corrected chi connectivity index (χ0v) is 11.0. The quantitative estimate of drug-likeness (QED) is 0.873. The SMILES string of the molecule is CC(C)C(O)CNc1c(C#N)nnc2ccccc12. The van der Waals surface area contributed by atoms with Crippen molar-refractivity contribution < 1.29 is 5.11 Å². The lowest BCUT2D eigenvalue weighted by Gasteiger charge is -2.17. The van der Waals surface area contributed by atoms with Crippen molar-refractivity contribution in [3.8, 4) is 6.07 Å². The third-order valence-electron chi connectivity index (χ3n) is 3.03. The van der Waals surface area contributed by atoms with Gasteiger partial charge in [-0.05, 0) is 12.0 Å². The van der Waals surface area contributed by atoms with Gasteiger partial charge in [0.05, 0.1) is 17.3 Å². The van der Waals surface area contributed by atoms with Crippen molar-refractivity contribution in [3.63, 3.8) is 0 Å². The molecule has 0 radical (unpaired) electrons. The van der Waals surface area contributed by atoms with Gasteiger partial charge in [-0.15, -0.1) is 10.2 Å². The summed E-state index contributed by atoms with van der Waals surface area (Å²) in [4.78, 5) is 0. The highest BCUT2D eigenvalue weighted by Crippen LogP contribution is 2.23. The number of nitrogens with one attached hydrogen (secondary N) is 1. The van der Waals surface area contributed by atoms with E-state index in [0.717, 1.165) is 10.9 Å². The van der Waals surface area contributed by atoms with Crippen LogP contribution in [0.3, 0.4) is 0 Å². The lowest BCUT2D eigenvalue weighted by atomic mass is 10.1. The van der Waals surface area contributed by atoms with Gasteiger partial charge in [0.25, 0.3) is 0 Å². The number of nitrogens with zero attached hydrogens (tertiary/aromatic N) is 3. The van der Waals surface area contributed by atoms with Crippen LogP contribution in [0.15, 0.2) is 24.3 Å². The Balaban J connectivity index is 2.37. The highest BCUT2D eigenvalue weighted by Gasteiger charge is 2.13. The summed E-state index contributed by atoms with van der Waals surface area (Å²) in [7, 11) is 0. The normalized spacial score (nSPS) is 12.4. The van der Waals surface area contributed by atoms with Gasteiger partial charge < -0.3 is 10.4 Å². The van der Waals surface area contributed by atoms with Crippen LogP contribution in [0.1, 0.15) is 19.5 Å². The molecule has 1 aromatic carbocycles. The summed E-state index contributed by atoms with van der Waals surface area (Å²) in [5.74, 6) is 0.152. The Morgan fingerprint density at radius 1 is 1.32 bits per heavy atom. The third kappa shape index (κ3) is 2.80. The minimum atomic E-state index is -0.474. The summed E-state index contributed by atoms with van der Waals surface area (Å²) >= 11 is 0. The molecule has 1 aromatic heterocycles. The standard InChI is InChI=1S/C14H16N4O/c1-9(2)13(19)8-16-14-10-5-3-4-6-11(10)17-18-12(14)7-15/h3-6,9,13,19H,8H2,1-2H3,(H,16,17). The van der Waals surface area contributed by atoms with Gasteiger partial charge in [-0.2, -0.15) is 5.26 Å². The second kappa shape index (κ2) is 5.63. The summed E-state index contributed by atoms with van der Waals surface area (Å²) in [6, 6.07) is 9.50. The molecule has 19 heavy (non-hydrogen) atoms. The Morgan fingerprint density at radius 2 is 2.05 bits per heavy atom. The highest BCUT2D eigenvalue weighted by molar-refractivity contribution is 5.92. The Kier molecular flexibility index (Phi) is 3.93. The number of hydrogen-bond donors (Lipinski definition) is 2. The Hall–Kier alpha value is -2.19. The molecule has 0 aliphatic carbocycles. The van der Waals surface area contributed by atoms with Crippen molar-refractivity contribution in [1.29, 1.82) is 5.26 Å². The van der Waals surface area contributed by atoms with E-state index in [1.165, 1.54) is 0 Å². The maximum absolute atomic E-state index is 9.84. The van der Waals surface area contributed by atoms with E-state index in [1.54, 1.807) is 0 Å². The monoisotopic (exact) mass is 256 g/mol. The zero-order chi connectivity index (χ0) is 13.8. The van der Waals surface area contributed by atoms with Crippen LogP contribution in [0.2, 0.25) is 0 Å². The number of fused-ring (bicyclic) bond motifs is 1. The van der Waals surface area contributed by atoms with Gasteiger partial charge in [0, 0.05) is 11.9 Å². The van der Waals surface area contributed by atoms with Crippen LogP contribution in [-0.4, -0.2) is 28.0 Å². The Bertz CT molecular complexity index is 618. The van der Waals surface area contributed by atoms with Crippen molar-refractivity contribution >= 4 is 16.6 Å². The van der Waals surface area contributed by atoms with Gasteiger partial charge in [0.2, 0.25) is 0 Å². The second-order valence-electron chi connectivity index (χ2n) is 4.74. The molecule has 0 saturated carbocycles. The van der Waals surface area contributed by atoms with Gasteiger partial charge >= 0.3 is 0 Å². The molecule has 0 fully saturated rings. The maximum Gasteiger partial charge on any atom is 0.186 e. The number of nitriles is 1. The number of aromatic nitrogens is 2. The van der Waals surface area contributed by atoms with E-state index in [-0.39, 0.29) is 11.6 Å². The summed E-state index contributed by atoms with van der Waals surface area (Å²) < 4.78 is 0. The highest BCUT2D eigenvalue weighted by atomic mass is 16.3. The number of aliphatic hydroxyl groups excluding tert-OH is 1. The van der Waals surface area contributed by atoms with Crippen LogP contribution in [0, 0.1) is 17.2 Å². The molecule has 0 saturated heterocycles. The molecule has 0 spiro atoms. The van der Waals surface area contributed by atoms with E-state index in [9.17, 15) is 5.11 Å². The van der Waals surface area contributed by atoms with Crippen LogP contribution in [0.25, 0.3) is 10.9 Å². The smallest absolute Gasteiger partial charge is 0.186 e. The van der Waals surface area contributed by atoms with Crippen molar-refractivity contribution in [2.45, 2.75) is 20.0 Å². The van der Waals surface area contributed by atoms with Crippen molar-refractivity contribution in [1.82, 2.24) is 10.2 Å². The lowest BCUT2D eigenvalue weighted by Crippen LogP contribution is -2.25. The average Bonchev–Trinajstić information content (AvgIpc) is 2.43. The minimum absolute atomic E-state index is 0.152. The molecule has 2 aromatic rings. The van der Waals surface area contributed by atoms with Crippen LogP contribution < -0.4 is 5.32 Å². The number of anilines is 1. The molecule has 98 valence electrons.